The summed E-state index contributed by atoms with van der Waals surface area (Å²) in [5.74, 6) is 0.217. The van der Waals surface area contributed by atoms with Gasteiger partial charge in [0.1, 0.15) is 0 Å². The molecule has 2 fully saturated rings. The molecule has 2 aliphatic heterocycles. The molecule has 1 amide bonds. The second kappa shape index (κ2) is 8.78. The summed E-state index contributed by atoms with van der Waals surface area (Å²) < 4.78 is 7.78. The lowest BCUT2D eigenvalue weighted by Crippen LogP contribution is -2.54. The van der Waals surface area contributed by atoms with Gasteiger partial charge in [0.2, 0.25) is 5.91 Å². The lowest BCUT2D eigenvalue weighted by atomic mass is 10.2. The quantitative estimate of drug-likeness (QED) is 0.772. The molecule has 2 atom stereocenters. The normalized spacial score (nSPS) is 23.1. The molecule has 162 valence electrons. The topological polar surface area (TPSA) is 53.8 Å². The Bertz CT molecular complexity index is 863. The number of benzene rings is 1. The molecule has 2 aromatic rings. The van der Waals surface area contributed by atoms with Gasteiger partial charge in [0.25, 0.3) is 0 Å². The van der Waals surface area contributed by atoms with Crippen molar-refractivity contribution >= 4 is 11.6 Å². The number of amides is 1. The Morgan fingerprint density at radius 1 is 1.03 bits per heavy atom. The average Bonchev–Trinajstić information content (AvgIpc) is 3.03. The van der Waals surface area contributed by atoms with Crippen molar-refractivity contribution in [2.75, 3.05) is 50.7 Å². The summed E-state index contributed by atoms with van der Waals surface area (Å²) in [6, 6.07) is 10.3. The molecule has 7 nitrogen and oxygen atoms in total. The van der Waals surface area contributed by atoms with E-state index in [9.17, 15) is 4.79 Å². The van der Waals surface area contributed by atoms with Crippen LogP contribution in [0, 0.1) is 13.8 Å². The SMILES string of the molecule is Cc1nn(-c2ccccc2)c(C)c1N1CCN(CC(=O)N2CC(C)OC(C)C2)CC1. The van der Waals surface area contributed by atoms with Gasteiger partial charge in [0.05, 0.1) is 41.5 Å². The molecule has 0 spiro atoms. The van der Waals surface area contributed by atoms with E-state index >= 15 is 0 Å². The van der Waals surface area contributed by atoms with Crippen LogP contribution in [0.5, 0.6) is 0 Å². The summed E-state index contributed by atoms with van der Waals surface area (Å²) in [6.07, 6.45) is 0.225. The fraction of sp³-hybridized carbons (Fsp3) is 0.565. The maximum atomic E-state index is 12.8. The van der Waals surface area contributed by atoms with Gasteiger partial charge >= 0.3 is 0 Å². The number of ether oxygens (including phenoxy) is 1. The largest absolute Gasteiger partial charge is 0.372 e. The Morgan fingerprint density at radius 3 is 2.30 bits per heavy atom. The molecule has 7 heteroatoms. The van der Waals surface area contributed by atoms with Crippen LogP contribution >= 0.6 is 0 Å². The molecule has 0 aliphatic carbocycles. The minimum atomic E-state index is 0.113. The van der Waals surface area contributed by atoms with E-state index in [1.54, 1.807) is 0 Å². The Balaban J connectivity index is 1.37. The molecule has 1 aromatic heterocycles. The predicted molar refractivity (Wildman–Crippen MR) is 118 cm³/mol. The average molecular weight is 412 g/mol. The number of anilines is 1. The number of morpholine rings is 1. The van der Waals surface area contributed by atoms with Gasteiger partial charge in [-0.1, -0.05) is 18.2 Å². The molecule has 2 unspecified atom stereocenters. The van der Waals surface area contributed by atoms with E-state index < -0.39 is 0 Å². The van der Waals surface area contributed by atoms with Crippen molar-refractivity contribution in [2.45, 2.75) is 39.9 Å². The van der Waals surface area contributed by atoms with E-state index in [-0.39, 0.29) is 18.1 Å². The van der Waals surface area contributed by atoms with Crippen LogP contribution in [0.1, 0.15) is 25.2 Å². The number of piperazine rings is 1. The fourth-order valence-corrected chi connectivity index (χ4v) is 4.72. The van der Waals surface area contributed by atoms with Gasteiger partial charge in [-0.3, -0.25) is 9.69 Å². The molecule has 2 aliphatic rings. The van der Waals surface area contributed by atoms with Gasteiger partial charge in [0, 0.05) is 39.3 Å². The molecule has 2 saturated heterocycles. The van der Waals surface area contributed by atoms with Crippen molar-refractivity contribution in [1.82, 2.24) is 19.6 Å². The number of hydrogen-bond acceptors (Lipinski definition) is 5. The van der Waals surface area contributed by atoms with Gasteiger partial charge in [0.15, 0.2) is 0 Å². The van der Waals surface area contributed by atoms with Crippen molar-refractivity contribution in [2.24, 2.45) is 0 Å². The number of hydrogen-bond donors (Lipinski definition) is 0. The molecule has 0 saturated carbocycles. The van der Waals surface area contributed by atoms with E-state index in [4.69, 9.17) is 9.84 Å². The number of aryl methyl sites for hydroxylation is 1. The smallest absolute Gasteiger partial charge is 0.236 e. The molecule has 30 heavy (non-hydrogen) atoms. The van der Waals surface area contributed by atoms with Crippen molar-refractivity contribution in [3.8, 4) is 5.69 Å². The maximum Gasteiger partial charge on any atom is 0.236 e. The zero-order chi connectivity index (χ0) is 21.3. The number of nitrogens with zero attached hydrogens (tertiary/aromatic N) is 5. The summed E-state index contributed by atoms with van der Waals surface area (Å²) >= 11 is 0. The molecule has 0 N–H and O–H groups in total. The molecule has 0 radical (unpaired) electrons. The first-order chi connectivity index (χ1) is 14.4. The molecular weight excluding hydrogens is 378 g/mol. The third kappa shape index (κ3) is 4.37. The van der Waals surface area contributed by atoms with Crippen LogP contribution in [0.3, 0.4) is 0 Å². The van der Waals surface area contributed by atoms with Crippen LogP contribution in [-0.2, 0) is 9.53 Å². The monoisotopic (exact) mass is 411 g/mol. The highest BCUT2D eigenvalue weighted by Crippen LogP contribution is 2.27. The minimum Gasteiger partial charge on any atom is -0.372 e. The van der Waals surface area contributed by atoms with E-state index in [0.717, 1.165) is 37.6 Å². The Morgan fingerprint density at radius 2 is 1.67 bits per heavy atom. The standard InChI is InChI=1S/C23H33N5O2/c1-17-14-27(15-18(2)30-17)22(29)16-25-10-12-26(13-11-25)23-19(3)24-28(20(23)4)21-8-6-5-7-9-21/h5-9,17-18H,10-16H2,1-4H3. The Kier molecular flexibility index (Phi) is 6.11. The third-order valence-corrected chi connectivity index (χ3v) is 6.07. The highest BCUT2D eigenvalue weighted by atomic mass is 16.5. The highest BCUT2D eigenvalue weighted by molar-refractivity contribution is 5.78. The maximum absolute atomic E-state index is 12.8. The molecular formula is C23H33N5O2. The summed E-state index contributed by atoms with van der Waals surface area (Å²) in [5, 5.41) is 4.79. The second-order valence-electron chi connectivity index (χ2n) is 8.59. The van der Waals surface area contributed by atoms with Crippen molar-refractivity contribution in [3.63, 3.8) is 0 Å². The number of rotatable bonds is 4. The lowest BCUT2D eigenvalue weighted by molar-refractivity contribution is -0.144. The summed E-state index contributed by atoms with van der Waals surface area (Å²) in [5.41, 5.74) is 4.53. The highest BCUT2D eigenvalue weighted by Gasteiger charge is 2.29. The predicted octanol–water partition coefficient (Wildman–Crippen LogP) is 2.25. The van der Waals surface area contributed by atoms with Crippen LogP contribution in [0.15, 0.2) is 30.3 Å². The van der Waals surface area contributed by atoms with E-state index in [1.165, 1.54) is 11.4 Å². The minimum absolute atomic E-state index is 0.113. The van der Waals surface area contributed by atoms with Crippen molar-refractivity contribution in [1.29, 1.82) is 0 Å². The zero-order valence-electron chi connectivity index (χ0n) is 18.5. The van der Waals surface area contributed by atoms with Crippen LogP contribution in [0.25, 0.3) is 5.69 Å². The van der Waals surface area contributed by atoms with Crippen LogP contribution in [-0.4, -0.2) is 83.5 Å². The van der Waals surface area contributed by atoms with E-state index in [0.29, 0.717) is 19.6 Å². The van der Waals surface area contributed by atoms with E-state index in [2.05, 4.69) is 35.8 Å². The van der Waals surface area contributed by atoms with Gasteiger partial charge in [-0.05, 0) is 39.8 Å². The zero-order valence-corrected chi connectivity index (χ0v) is 18.5. The number of para-hydroxylation sites is 1. The molecule has 0 bridgehead atoms. The van der Waals surface area contributed by atoms with Gasteiger partial charge in [-0.2, -0.15) is 5.10 Å². The Labute approximate surface area is 179 Å². The Hall–Kier alpha value is -2.38. The van der Waals surface area contributed by atoms with Crippen LogP contribution in [0.2, 0.25) is 0 Å². The first-order valence-corrected chi connectivity index (χ1v) is 10.9. The van der Waals surface area contributed by atoms with Gasteiger partial charge in [-0.15, -0.1) is 0 Å². The first-order valence-electron chi connectivity index (χ1n) is 10.9. The van der Waals surface area contributed by atoms with Gasteiger partial charge in [-0.25, -0.2) is 4.68 Å². The second-order valence-corrected chi connectivity index (χ2v) is 8.59. The van der Waals surface area contributed by atoms with Gasteiger partial charge < -0.3 is 14.5 Å². The van der Waals surface area contributed by atoms with Crippen LogP contribution < -0.4 is 4.90 Å². The summed E-state index contributed by atoms with van der Waals surface area (Å²) in [6.45, 7) is 13.8. The van der Waals surface area contributed by atoms with Crippen LogP contribution in [0.4, 0.5) is 5.69 Å². The molecule has 1 aromatic carbocycles. The van der Waals surface area contributed by atoms with Crippen molar-refractivity contribution in [3.05, 3.63) is 41.7 Å². The first kappa shape index (κ1) is 20.9. The number of aromatic nitrogens is 2. The molecule has 3 heterocycles. The molecule has 4 rings (SSSR count). The fourth-order valence-electron chi connectivity index (χ4n) is 4.72. The summed E-state index contributed by atoms with van der Waals surface area (Å²) in [4.78, 5) is 19.4. The summed E-state index contributed by atoms with van der Waals surface area (Å²) in [7, 11) is 0. The van der Waals surface area contributed by atoms with Crippen molar-refractivity contribution < 1.29 is 9.53 Å². The number of carbonyl (C=O) groups is 1. The third-order valence-electron chi connectivity index (χ3n) is 6.07. The number of carbonyl (C=O) groups excluding carboxylic acids is 1. The lowest BCUT2D eigenvalue weighted by Gasteiger charge is -2.39. The van der Waals surface area contributed by atoms with E-state index in [1.807, 2.05) is 41.6 Å².